The number of piperazine rings is 1. The molecule has 172 valence electrons. The van der Waals surface area contributed by atoms with Crippen molar-refractivity contribution in [3.05, 3.63) is 51.1 Å². The van der Waals surface area contributed by atoms with E-state index in [1.807, 2.05) is 0 Å². The van der Waals surface area contributed by atoms with Crippen molar-refractivity contribution in [1.29, 1.82) is 0 Å². The van der Waals surface area contributed by atoms with Crippen LogP contribution < -0.4 is 10.5 Å². The van der Waals surface area contributed by atoms with Gasteiger partial charge in [0.25, 0.3) is 11.5 Å². The quantitative estimate of drug-likeness (QED) is 0.471. The van der Waals surface area contributed by atoms with Gasteiger partial charge in [-0.05, 0) is 19.1 Å². The number of hydrogen-bond donors (Lipinski definition) is 1. The summed E-state index contributed by atoms with van der Waals surface area (Å²) in [5.41, 5.74) is 0.884. The molecule has 0 unspecified atom stereocenters. The maximum absolute atomic E-state index is 13.1. The van der Waals surface area contributed by atoms with E-state index >= 15 is 0 Å². The number of aromatic amines is 1. The Kier molecular flexibility index (Phi) is 4.92. The first kappa shape index (κ1) is 21.1. The Morgan fingerprint density at radius 1 is 1.18 bits per heavy atom. The third-order valence-electron chi connectivity index (χ3n) is 5.32. The van der Waals surface area contributed by atoms with Crippen LogP contribution in [-0.2, 0) is 6.18 Å². The molecule has 1 saturated heterocycles. The molecule has 5 heterocycles. The number of rotatable bonds is 3. The SMILES string of the molecule is Cc1c(C(=O)N2CCN(c3nnc(C(F)(F)F)s3)CC2)cnn1-c1nn2cccc2c(=O)[nH]1. The number of aromatic nitrogens is 7. The Labute approximate surface area is 187 Å². The van der Waals surface area contributed by atoms with Crippen LogP contribution in [0.5, 0.6) is 0 Å². The van der Waals surface area contributed by atoms with Gasteiger partial charge < -0.3 is 9.80 Å². The lowest BCUT2D eigenvalue weighted by Gasteiger charge is -2.34. The third kappa shape index (κ3) is 3.73. The van der Waals surface area contributed by atoms with Crippen molar-refractivity contribution in [3.63, 3.8) is 0 Å². The predicted molar refractivity (Wildman–Crippen MR) is 111 cm³/mol. The number of carbonyl (C=O) groups is 1. The molecule has 0 atom stereocenters. The van der Waals surface area contributed by atoms with Crippen LogP contribution in [0.3, 0.4) is 0 Å². The summed E-state index contributed by atoms with van der Waals surface area (Å²) in [6, 6.07) is 3.32. The zero-order chi connectivity index (χ0) is 23.3. The first-order valence-electron chi connectivity index (χ1n) is 9.80. The average molecular weight is 479 g/mol. The maximum Gasteiger partial charge on any atom is 0.445 e. The second-order valence-corrected chi connectivity index (χ2v) is 8.29. The van der Waals surface area contributed by atoms with E-state index < -0.39 is 11.2 Å². The summed E-state index contributed by atoms with van der Waals surface area (Å²) >= 11 is 0.482. The molecular formula is C18H16F3N9O2S. The number of alkyl halides is 3. The predicted octanol–water partition coefficient (Wildman–Crippen LogP) is 1.35. The highest BCUT2D eigenvalue weighted by Gasteiger charge is 2.36. The summed E-state index contributed by atoms with van der Waals surface area (Å²) in [6.07, 6.45) is -1.49. The van der Waals surface area contributed by atoms with E-state index in [-0.39, 0.29) is 22.5 Å². The molecule has 1 amide bonds. The first-order valence-corrected chi connectivity index (χ1v) is 10.6. The Bertz CT molecular complexity index is 1400. The maximum atomic E-state index is 13.1. The minimum absolute atomic E-state index is 0.168. The summed E-state index contributed by atoms with van der Waals surface area (Å²) < 4.78 is 41.1. The number of hydrogen-bond acceptors (Lipinski definition) is 8. The topological polar surface area (TPSA) is 117 Å². The van der Waals surface area contributed by atoms with Gasteiger partial charge in [-0.1, -0.05) is 11.3 Å². The molecule has 0 aromatic carbocycles. The number of H-pyrrole nitrogens is 1. The molecule has 4 aromatic heterocycles. The van der Waals surface area contributed by atoms with Crippen LogP contribution in [-0.4, -0.2) is 71.6 Å². The average Bonchev–Trinajstić information content (AvgIpc) is 3.52. The normalized spacial score (nSPS) is 14.9. The molecule has 0 saturated carbocycles. The fraction of sp³-hybridized carbons (Fsp3) is 0.333. The van der Waals surface area contributed by atoms with E-state index in [1.54, 1.807) is 35.1 Å². The molecule has 1 aliphatic rings. The Morgan fingerprint density at radius 2 is 1.94 bits per heavy atom. The Balaban J connectivity index is 1.31. The van der Waals surface area contributed by atoms with E-state index in [9.17, 15) is 22.8 Å². The van der Waals surface area contributed by atoms with Crippen molar-refractivity contribution >= 4 is 27.9 Å². The van der Waals surface area contributed by atoms with E-state index in [4.69, 9.17) is 0 Å². The van der Waals surface area contributed by atoms with Crippen LogP contribution in [0, 0.1) is 6.92 Å². The minimum atomic E-state index is -4.53. The van der Waals surface area contributed by atoms with Crippen molar-refractivity contribution in [2.24, 2.45) is 0 Å². The van der Waals surface area contributed by atoms with Crippen LogP contribution in [0.15, 0.2) is 29.3 Å². The van der Waals surface area contributed by atoms with E-state index in [2.05, 4.69) is 25.4 Å². The molecule has 4 aromatic rings. The van der Waals surface area contributed by atoms with Gasteiger partial charge in [0.1, 0.15) is 5.52 Å². The molecule has 5 rings (SSSR count). The van der Waals surface area contributed by atoms with Gasteiger partial charge >= 0.3 is 6.18 Å². The van der Waals surface area contributed by atoms with Crippen LogP contribution in [0.4, 0.5) is 18.3 Å². The Morgan fingerprint density at radius 3 is 2.64 bits per heavy atom. The lowest BCUT2D eigenvalue weighted by Crippen LogP contribution is -2.48. The summed E-state index contributed by atoms with van der Waals surface area (Å²) in [5, 5.41) is 14.5. The highest BCUT2D eigenvalue weighted by Crippen LogP contribution is 2.34. The number of amides is 1. The highest BCUT2D eigenvalue weighted by atomic mass is 32.1. The molecular weight excluding hydrogens is 463 g/mol. The van der Waals surface area contributed by atoms with Crippen LogP contribution >= 0.6 is 11.3 Å². The standard InChI is InChI=1S/C18H16F3N9O2S/c1-10-11(9-22-30(10)16-23-13(31)12-3-2-4-29(12)26-16)14(32)27-5-7-28(8-6-27)17-25-24-15(33-17)18(19,20)21/h2-4,9H,5-8H2,1H3,(H,23,26,31). The van der Waals surface area contributed by atoms with Crippen LogP contribution in [0.25, 0.3) is 11.5 Å². The van der Waals surface area contributed by atoms with Gasteiger partial charge in [0.2, 0.25) is 16.1 Å². The minimum Gasteiger partial charge on any atom is -0.343 e. The molecule has 15 heteroatoms. The zero-order valence-electron chi connectivity index (χ0n) is 17.1. The van der Waals surface area contributed by atoms with Crippen molar-refractivity contribution in [2.45, 2.75) is 13.1 Å². The van der Waals surface area contributed by atoms with Gasteiger partial charge in [-0.15, -0.1) is 15.3 Å². The summed E-state index contributed by atoms with van der Waals surface area (Å²) in [6.45, 7) is 2.94. The fourth-order valence-corrected chi connectivity index (χ4v) is 4.35. The van der Waals surface area contributed by atoms with Crippen molar-refractivity contribution in [2.75, 3.05) is 31.1 Å². The molecule has 1 N–H and O–H groups in total. The summed E-state index contributed by atoms with van der Waals surface area (Å²) in [5.74, 6) is -0.0992. The van der Waals surface area contributed by atoms with E-state index in [0.717, 1.165) is 0 Å². The van der Waals surface area contributed by atoms with Crippen molar-refractivity contribution in [1.82, 2.24) is 39.5 Å². The van der Waals surface area contributed by atoms with Gasteiger partial charge in [-0.2, -0.15) is 18.3 Å². The molecule has 0 spiro atoms. The smallest absolute Gasteiger partial charge is 0.343 e. The number of nitrogens with one attached hydrogen (secondary N) is 1. The van der Waals surface area contributed by atoms with Gasteiger partial charge in [0, 0.05) is 32.4 Å². The van der Waals surface area contributed by atoms with E-state index in [1.165, 1.54) is 15.4 Å². The molecule has 1 fully saturated rings. The Hall–Kier alpha value is -3.75. The van der Waals surface area contributed by atoms with Gasteiger partial charge in [-0.25, -0.2) is 9.20 Å². The number of halogens is 3. The largest absolute Gasteiger partial charge is 0.445 e. The number of anilines is 1. The molecule has 0 bridgehead atoms. The van der Waals surface area contributed by atoms with Gasteiger partial charge in [-0.3, -0.25) is 14.6 Å². The van der Waals surface area contributed by atoms with Crippen LogP contribution in [0.1, 0.15) is 21.1 Å². The lowest BCUT2D eigenvalue weighted by molar-refractivity contribution is -0.138. The monoisotopic (exact) mass is 479 g/mol. The van der Waals surface area contributed by atoms with Crippen LogP contribution in [0.2, 0.25) is 0 Å². The molecule has 11 nitrogen and oxygen atoms in total. The second kappa shape index (κ2) is 7.68. The molecule has 0 aliphatic carbocycles. The molecule has 33 heavy (non-hydrogen) atoms. The molecule has 0 radical (unpaired) electrons. The summed E-state index contributed by atoms with van der Waals surface area (Å²) in [7, 11) is 0. The first-order chi connectivity index (χ1) is 15.7. The van der Waals surface area contributed by atoms with Crippen molar-refractivity contribution in [3.8, 4) is 5.95 Å². The fourth-order valence-electron chi connectivity index (χ4n) is 3.59. The summed E-state index contributed by atoms with van der Waals surface area (Å²) in [4.78, 5) is 31.2. The lowest BCUT2D eigenvalue weighted by atomic mass is 10.2. The van der Waals surface area contributed by atoms with Gasteiger partial charge in [0.15, 0.2) is 0 Å². The second-order valence-electron chi connectivity index (χ2n) is 7.34. The van der Waals surface area contributed by atoms with E-state index in [0.29, 0.717) is 54.3 Å². The zero-order valence-corrected chi connectivity index (χ0v) is 17.9. The number of nitrogens with zero attached hydrogens (tertiary/aromatic N) is 8. The third-order valence-corrected chi connectivity index (χ3v) is 6.35. The highest BCUT2D eigenvalue weighted by molar-refractivity contribution is 7.15. The molecule has 1 aliphatic heterocycles. The number of carbonyl (C=O) groups excluding carboxylic acids is 1. The number of fused-ring (bicyclic) bond motifs is 1. The van der Waals surface area contributed by atoms with Gasteiger partial charge in [0.05, 0.1) is 17.5 Å². The van der Waals surface area contributed by atoms with Crippen molar-refractivity contribution < 1.29 is 18.0 Å².